The summed E-state index contributed by atoms with van der Waals surface area (Å²) in [7, 11) is 3.35. The van der Waals surface area contributed by atoms with Gasteiger partial charge in [-0.2, -0.15) is 0 Å². The summed E-state index contributed by atoms with van der Waals surface area (Å²) in [6.45, 7) is 12.8. The maximum Gasteiger partial charge on any atom is 0.156 e. The van der Waals surface area contributed by atoms with Crippen LogP contribution in [0.4, 0.5) is 0 Å². The average molecular weight is 226 g/mol. The second kappa shape index (κ2) is 5.42. The molecule has 0 spiro atoms. The maximum absolute atomic E-state index is 5.39. The first-order chi connectivity index (χ1) is 7.09. The summed E-state index contributed by atoms with van der Waals surface area (Å²) in [4.78, 5) is 0. The molecule has 16 heavy (non-hydrogen) atoms. The molecule has 0 aromatic rings. The number of methoxy groups -OCH3 is 2. The molecule has 0 unspecified atom stereocenters. The number of hydrogen-bond acceptors (Lipinski definition) is 2. The second-order valence-electron chi connectivity index (χ2n) is 6.16. The van der Waals surface area contributed by atoms with Gasteiger partial charge in [0.2, 0.25) is 0 Å². The Morgan fingerprint density at radius 1 is 0.688 bits per heavy atom. The molecule has 0 N–H and O–H groups in total. The van der Waals surface area contributed by atoms with E-state index in [2.05, 4.69) is 53.7 Å². The number of allylic oxidation sites excluding steroid dienone is 2. The van der Waals surface area contributed by atoms with Crippen molar-refractivity contribution in [2.45, 2.75) is 41.5 Å². The lowest BCUT2D eigenvalue weighted by Gasteiger charge is -2.20. The highest BCUT2D eigenvalue weighted by Gasteiger charge is 2.16. The van der Waals surface area contributed by atoms with Crippen LogP contribution in [-0.4, -0.2) is 14.2 Å². The Balaban J connectivity index is 5.22. The van der Waals surface area contributed by atoms with Crippen LogP contribution in [0.25, 0.3) is 0 Å². The SMILES string of the molecule is COC(=CC(C)(C)C)/C(=C\C(C)(C)C)OC. The fourth-order valence-corrected chi connectivity index (χ4v) is 1.25. The van der Waals surface area contributed by atoms with E-state index in [4.69, 9.17) is 9.47 Å². The highest BCUT2D eigenvalue weighted by molar-refractivity contribution is 5.23. The summed E-state index contributed by atoms with van der Waals surface area (Å²) >= 11 is 0. The van der Waals surface area contributed by atoms with Crippen molar-refractivity contribution in [3.8, 4) is 0 Å². The molecule has 0 heterocycles. The molecule has 0 aliphatic rings. The third kappa shape index (κ3) is 6.54. The summed E-state index contributed by atoms with van der Waals surface area (Å²) in [5.41, 5.74) is 0.141. The first-order valence-electron chi connectivity index (χ1n) is 5.63. The Kier molecular flexibility index (Phi) is 5.11. The van der Waals surface area contributed by atoms with Gasteiger partial charge in [0.1, 0.15) is 0 Å². The van der Waals surface area contributed by atoms with Gasteiger partial charge in [-0.15, -0.1) is 0 Å². The Morgan fingerprint density at radius 2 is 0.938 bits per heavy atom. The smallest absolute Gasteiger partial charge is 0.156 e. The van der Waals surface area contributed by atoms with Gasteiger partial charge in [-0.25, -0.2) is 0 Å². The van der Waals surface area contributed by atoms with Gasteiger partial charge in [0.25, 0.3) is 0 Å². The number of ether oxygens (including phenoxy) is 2. The topological polar surface area (TPSA) is 18.5 Å². The molecule has 0 aromatic heterocycles. The van der Waals surface area contributed by atoms with E-state index >= 15 is 0 Å². The van der Waals surface area contributed by atoms with E-state index in [1.54, 1.807) is 14.2 Å². The molecule has 0 bridgehead atoms. The molecule has 0 aromatic carbocycles. The van der Waals surface area contributed by atoms with E-state index in [-0.39, 0.29) is 10.8 Å². The Morgan fingerprint density at radius 3 is 1.06 bits per heavy atom. The van der Waals surface area contributed by atoms with Crippen molar-refractivity contribution in [1.29, 1.82) is 0 Å². The third-order valence-corrected chi connectivity index (χ3v) is 1.81. The zero-order valence-electron chi connectivity index (χ0n) is 12.0. The van der Waals surface area contributed by atoms with Crippen LogP contribution in [0.3, 0.4) is 0 Å². The van der Waals surface area contributed by atoms with Crippen LogP contribution in [0.5, 0.6) is 0 Å². The number of rotatable bonds is 3. The number of hydrogen-bond donors (Lipinski definition) is 0. The molecular formula is C14H26O2. The van der Waals surface area contributed by atoms with Gasteiger partial charge in [-0.1, -0.05) is 41.5 Å². The minimum Gasteiger partial charge on any atom is -0.493 e. The van der Waals surface area contributed by atoms with Crippen LogP contribution < -0.4 is 0 Å². The van der Waals surface area contributed by atoms with Crippen LogP contribution in [0.2, 0.25) is 0 Å². The third-order valence-electron chi connectivity index (χ3n) is 1.81. The van der Waals surface area contributed by atoms with Crippen molar-refractivity contribution < 1.29 is 9.47 Å². The van der Waals surface area contributed by atoms with Crippen LogP contribution in [0, 0.1) is 10.8 Å². The van der Waals surface area contributed by atoms with Gasteiger partial charge >= 0.3 is 0 Å². The van der Waals surface area contributed by atoms with Crippen molar-refractivity contribution in [2.24, 2.45) is 10.8 Å². The lowest BCUT2D eigenvalue weighted by Crippen LogP contribution is -2.08. The van der Waals surface area contributed by atoms with Crippen molar-refractivity contribution >= 4 is 0 Å². The van der Waals surface area contributed by atoms with E-state index in [0.29, 0.717) is 0 Å². The second-order valence-corrected chi connectivity index (χ2v) is 6.16. The molecule has 0 saturated carbocycles. The zero-order chi connectivity index (χ0) is 13.0. The quantitative estimate of drug-likeness (QED) is 0.532. The van der Waals surface area contributed by atoms with Gasteiger partial charge < -0.3 is 9.47 Å². The van der Waals surface area contributed by atoms with Crippen LogP contribution in [-0.2, 0) is 9.47 Å². The minimum atomic E-state index is 0.0703. The van der Waals surface area contributed by atoms with Crippen LogP contribution >= 0.6 is 0 Å². The molecule has 0 amide bonds. The van der Waals surface area contributed by atoms with E-state index < -0.39 is 0 Å². The van der Waals surface area contributed by atoms with E-state index in [1.165, 1.54) is 0 Å². The van der Waals surface area contributed by atoms with Crippen molar-refractivity contribution in [3.63, 3.8) is 0 Å². The fraction of sp³-hybridized carbons (Fsp3) is 0.714. The predicted molar refractivity (Wildman–Crippen MR) is 69.1 cm³/mol. The van der Waals surface area contributed by atoms with Gasteiger partial charge in [0.15, 0.2) is 11.5 Å². The van der Waals surface area contributed by atoms with E-state index in [1.807, 2.05) is 0 Å². The highest BCUT2D eigenvalue weighted by Crippen LogP contribution is 2.26. The predicted octanol–water partition coefficient (Wildman–Crippen LogP) is 4.14. The average Bonchev–Trinajstić information content (AvgIpc) is 2.07. The molecule has 94 valence electrons. The summed E-state index contributed by atoms with van der Waals surface area (Å²) in [5, 5.41) is 0. The van der Waals surface area contributed by atoms with Gasteiger partial charge in [0, 0.05) is 0 Å². The van der Waals surface area contributed by atoms with Crippen molar-refractivity contribution in [1.82, 2.24) is 0 Å². The minimum absolute atomic E-state index is 0.0703. The molecule has 0 atom stereocenters. The van der Waals surface area contributed by atoms with E-state index in [9.17, 15) is 0 Å². The standard InChI is InChI=1S/C14H26O2/c1-13(2,3)9-11(15-7)12(16-8)10-14(4,5)6/h9-10H,1-8H3/b11-9+,12-10?. The molecule has 0 aliphatic carbocycles. The Hall–Kier alpha value is -0.920. The van der Waals surface area contributed by atoms with Gasteiger partial charge in [-0.3, -0.25) is 0 Å². The molecule has 0 fully saturated rings. The molecular weight excluding hydrogens is 200 g/mol. The first-order valence-corrected chi connectivity index (χ1v) is 5.63. The normalized spacial score (nSPS) is 15.0. The van der Waals surface area contributed by atoms with Crippen molar-refractivity contribution in [2.75, 3.05) is 14.2 Å². The summed E-state index contributed by atoms with van der Waals surface area (Å²) < 4.78 is 10.8. The van der Waals surface area contributed by atoms with Gasteiger partial charge in [0.05, 0.1) is 14.2 Å². The Bertz CT molecular complexity index is 242. The molecule has 0 saturated heterocycles. The Labute approximate surface area is 100 Å². The molecule has 0 rings (SSSR count). The summed E-state index contributed by atoms with van der Waals surface area (Å²) in [6.07, 6.45) is 4.15. The lowest BCUT2D eigenvalue weighted by atomic mass is 9.92. The summed E-state index contributed by atoms with van der Waals surface area (Å²) in [6, 6.07) is 0. The molecule has 0 radical (unpaired) electrons. The fourth-order valence-electron chi connectivity index (χ4n) is 1.25. The highest BCUT2D eigenvalue weighted by atomic mass is 16.5. The monoisotopic (exact) mass is 226 g/mol. The largest absolute Gasteiger partial charge is 0.493 e. The maximum atomic E-state index is 5.39. The van der Waals surface area contributed by atoms with Crippen LogP contribution in [0.1, 0.15) is 41.5 Å². The zero-order valence-corrected chi connectivity index (χ0v) is 12.0. The molecule has 0 aliphatic heterocycles. The molecule has 2 heteroatoms. The van der Waals surface area contributed by atoms with Crippen molar-refractivity contribution in [3.05, 3.63) is 23.7 Å². The first kappa shape index (κ1) is 15.1. The molecule has 2 nitrogen and oxygen atoms in total. The summed E-state index contributed by atoms with van der Waals surface area (Å²) in [5.74, 6) is 1.59. The van der Waals surface area contributed by atoms with Crippen LogP contribution in [0.15, 0.2) is 23.7 Å². The van der Waals surface area contributed by atoms with Gasteiger partial charge in [-0.05, 0) is 23.0 Å². The lowest BCUT2D eigenvalue weighted by molar-refractivity contribution is 0.211. The van der Waals surface area contributed by atoms with E-state index in [0.717, 1.165) is 11.5 Å².